The summed E-state index contributed by atoms with van der Waals surface area (Å²) < 4.78 is 2.38. The number of hydrogen-bond donors (Lipinski definition) is 1. The number of carbonyl (C=O) groups excluding carboxylic acids is 1. The molecule has 7 nitrogen and oxygen atoms in total. The van der Waals surface area contributed by atoms with Gasteiger partial charge in [-0.2, -0.15) is 5.10 Å². The molecule has 4 rings (SSSR count). The van der Waals surface area contributed by atoms with Gasteiger partial charge in [0.1, 0.15) is 5.82 Å². The van der Waals surface area contributed by atoms with Gasteiger partial charge in [-0.25, -0.2) is 9.67 Å². The van der Waals surface area contributed by atoms with E-state index in [9.17, 15) is 9.59 Å². The molecule has 0 unspecified atom stereocenters. The average molecular weight is 369 g/mol. The first-order valence-electron chi connectivity index (χ1n) is 8.56. The highest BCUT2D eigenvalue weighted by Crippen LogP contribution is 2.27. The fourth-order valence-corrected chi connectivity index (χ4v) is 4.06. The summed E-state index contributed by atoms with van der Waals surface area (Å²) in [6.07, 6.45) is 1.74. The number of carbonyl (C=O) groups is 1. The van der Waals surface area contributed by atoms with Gasteiger partial charge >= 0.3 is 0 Å². The topological polar surface area (TPSA) is 80.1 Å². The van der Waals surface area contributed by atoms with Gasteiger partial charge in [-0.3, -0.25) is 9.59 Å². The Morgan fingerprint density at radius 1 is 1.27 bits per heavy atom. The Morgan fingerprint density at radius 2 is 2.12 bits per heavy atom. The zero-order valence-electron chi connectivity index (χ0n) is 14.4. The maximum atomic E-state index is 12.7. The monoisotopic (exact) mass is 369 g/mol. The summed E-state index contributed by atoms with van der Waals surface area (Å²) in [7, 11) is 1.63. The molecule has 1 aliphatic heterocycles. The van der Waals surface area contributed by atoms with E-state index in [0.717, 1.165) is 35.4 Å². The number of nitrogens with one attached hydrogen (secondary N) is 1. The van der Waals surface area contributed by atoms with Crippen molar-refractivity contribution in [3.63, 3.8) is 0 Å². The number of aromatic nitrogens is 3. The smallest absolute Gasteiger partial charge is 0.266 e. The SMILES string of the molecule is Cn1nc(N2CCC[C@H](C(=O)Nc3nc4ccccc4s3)C2)ccc1=O. The molecule has 0 saturated carbocycles. The van der Waals surface area contributed by atoms with Crippen LogP contribution in [0.15, 0.2) is 41.2 Å². The average Bonchev–Trinajstić information content (AvgIpc) is 3.06. The molecule has 134 valence electrons. The molecule has 0 spiro atoms. The summed E-state index contributed by atoms with van der Waals surface area (Å²) in [5, 5.41) is 7.88. The molecule has 1 saturated heterocycles. The van der Waals surface area contributed by atoms with E-state index in [1.54, 1.807) is 13.1 Å². The number of aryl methyl sites for hydroxylation is 1. The summed E-state index contributed by atoms with van der Waals surface area (Å²) >= 11 is 1.48. The molecule has 3 aromatic rings. The van der Waals surface area contributed by atoms with Gasteiger partial charge in [0.05, 0.1) is 16.1 Å². The van der Waals surface area contributed by atoms with Crippen molar-refractivity contribution in [1.29, 1.82) is 0 Å². The van der Waals surface area contributed by atoms with Gasteiger partial charge in [0.2, 0.25) is 5.91 Å². The minimum atomic E-state index is -0.143. The van der Waals surface area contributed by atoms with Crippen LogP contribution in [0.5, 0.6) is 0 Å². The molecule has 1 amide bonds. The van der Waals surface area contributed by atoms with Gasteiger partial charge in [-0.15, -0.1) is 0 Å². The molecule has 8 heteroatoms. The second kappa shape index (κ2) is 6.87. The number of nitrogens with zero attached hydrogens (tertiary/aromatic N) is 4. The van der Waals surface area contributed by atoms with Crippen LogP contribution in [0.1, 0.15) is 12.8 Å². The van der Waals surface area contributed by atoms with E-state index < -0.39 is 0 Å². The highest BCUT2D eigenvalue weighted by molar-refractivity contribution is 7.22. The van der Waals surface area contributed by atoms with Crippen molar-refractivity contribution in [3.8, 4) is 0 Å². The van der Waals surface area contributed by atoms with Crippen LogP contribution < -0.4 is 15.8 Å². The molecule has 1 aliphatic rings. The Kier molecular flexibility index (Phi) is 4.42. The summed E-state index contributed by atoms with van der Waals surface area (Å²) in [4.78, 5) is 30.7. The van der Waals surface area contributed by atoms with Crippen LogP contribution in [0.3, 0.4) is 0 Å². The lowest BCUT2D eigenvalue weighted by atomic mass is 9.97. The second-order valence-corrected chi connectivity index (χ2v) is 7.45. The maximum Gasteiger partial charge on any atom is 0.266 e. The van der Waals surface area contributed by atoms with Crippen LogP contribution >= 0.6 is 11.3 Å². The van der Waals surface area contributed by atoms with Gasteiger partial charge < -0.3 is 10.2 Å². The number of anilines is 2. The molecule has 1 N–H and O–H groups in total. The molecular formula is C18H19N5O2S. The lowest BCUT2D eigenvalue weighted by Gasteiger charge is -2.32. The highest BCUT2D eigenvalue weighted by Gasteiger charge is 2.27. The lowest BCUT2D eigenvalue weighted by molar-refractivity contribution is -0.120. The number of amides is 1. The Morgan fingerprint density at radius 3 is 2.92 bits per heavy atom. The van der Waals surface area contributed by atoms with Crippen molar-refractivity contribution in [3.05, 3.63) is 46.8 Å². The van der Waals surface area contributed by atoms with Crippen molar-refractivity contribution in [2.24, 2.45) is 13.0 Å². The molecule has 0 radical (unpaired) electrons. The van der Waals surface area contributed by atoms with Crippen molar-refractivity contribution < 1.29 is 4.79 Å². The zero-order chi connectivity index (χ0) is 18.1. The summed E-state index contributed by atoms with van der Waals surface area (Å²) in [6.45, 7) is 1.41. The second-order valence-electron chi connectivity index (χ2n) is 6.41. The Labute approximate surface area is 154 Å². The van der Waals surface area contributed by atoms with E-state index in [0.29, 0.717) is 11.7 Å². The van der Waals surface area contributed by atoms with Crippen LogP contribution in [0.2, 0.25) is 0 Å². The predicted molar refractivity (Wildman–Crippen MR) is 103 cm³/mol. The predicted octanol–water partition coefficient (Wildman–Crippen LogP) is 2.25. The molecule has 2 aromatic heterocycles. The van der Waals surface area contributed by atoms with E-state index in [2.05, 4.69) is 20.3 Å². The first-order valence-corrected chi connectivity index (χ1v) is 9.37. The summed E-state index contributed by atoms with van der Waals surface area (Å²) in [5.41, 5.74) is 0.753. The third-order valence-corrected chi connectivity index (χ3v) is 5.54. The van der Waals surface area contributed by atoms with Gasteiger partial charge in [-0.1, -0.05) is 23.5 Å². The van der Waals surface area contributed by atoms with Crippen LogP contribution in [0.4, 0.5) is 10.9 Å². The van der Waals surface area contributed by atoms with Gasteiger partial charge in [0.15, 0.2) is 5.13 Å². The van der Waals surface area contributed by atoms with Crippen molar-refractivity contribution in [2.45, 2.75) is 12.8 Å². The maximum absolute atomic E-state index is 12.7. The number of benzene rings is 1. The van der Waals surface area contributed by atoms with Crippen molar-refractivity contribution in [1.82, 2.24) is 14.8 Å². The number of rotatable bonds is 3. The third-order valence-electron chi connectivity index (χ3n) is 4.59. The normalized spacial score (nSPS) is 17.4. The highest BCUT2D eigenvalue weighted by atomic mass is 32.1. The minimum Gasteiger partial charge on any atom is -0.354 e. The quantitative estimate of drug-likeness (QED) is 0.766. The number of para-hydroxylation sites is 1. The van der Waals surface area contributed by atoms with E-state index in [1.165, 1.54) is 22.1 Å². The van der Waals surface area contributed by atoms with Crippen LogP contribution in [0, 0.1) is 5.92 Å². The van der Waals surface area contributed by atoms with Gasteiger partial charge in [0.25, 0.3) is 5.56 Å². The molecule has 0 bridgehead atoms. The van der Waals surface area contributed by atoms with Crippen molar-refractivity contribution >= 4 is 38.4 Å². The molecule has 0 aliphatic carbocycles. The summed E-state index contributed by atoms with van der Waals surface area (Å²) in [5.74, 6) is 0.581. The molecule has 1 fully saturated rings. The first-order chi connectivity index (χ1) is 12.6. The van der Waals surface area contributed by atoms with Crippen LogP contribution in [-0.2, 0) is 11.8 Å². The molecule has 1 atom stereocenters. The minimum absolute atomic E-state index is 0.0152. The Bertz CT molecular complexity index is 979. The third kappa shape index (κ3) is 3.32. The molecule has 1 aromatic carbocycles. The largest absolute Gasteiger partial charge is 0.354 e. The fraction of sp³-hybridized carbons (Fsp3) is 0.333. The lowest BCUT2D eigenvalue weighted by Crippen LogP contribution is -2.41. The van der Waals surface area contributed by atoms with E-state index in [-0.39, 0.29) is 17.4 Å². The van der Waals surface area contributed by atoms with E-state index in [1.807, 2.05) is 24.3 Å². The number of thiazole rings is 1. The van der Waals surface area contributed by atoms with Crippen molar-refractivity contribution in [2.75, 3.05) is 23.3 Å². The molecule has 26 heavy (non-hydrogen) atoms. The Hall–Kier alpha value is -2.74. The van der Waals surface area contributed by atoms with Crippen LogP contribution in [0.25, 0.3) is 10.2 Å². The standard InChI is InChI=1S/C18H19N5O2S/c1-22-16(24)9-8-15(21-22)23-10-4-5-12(11-23)17(25)20-18-19-13-6-2-3-7-14(13)26-18/h2-3,6-9,12H,4-5,10-11H2,1H3,(H,19,20,25)/t12-/m0/s1. The van der Waals surface area contributed by atoms with Gasteiger partial charge in [-0.05, 0) is 31.0 Å². The van der Waals surface area contributed by atoms with Crippen LogP contribution in [-0.4, -0.2) is 33.8 Å². The number of piperidine rings is 1. The fourth-order valence-electron chi connectivity index (χ4n) is 3.19. The summed E-state index contributed by atoms with van der Waals surface area (Å²) in [6, 6.07) is 11.1. The first kappa shape index (κ1) is 16.7. The molecular weight excluding hydrogens is 350 g/mol. The van der Waals surface area contributed by atoms with E-state index in [4.69, 9.17) is 0 Å². The Balaban J connectivity index is 1.47. The van der Waals surface area contributed by atoms with E-state index >= 15 is 0 Å². The number of fused-ring (bicyclic) bond motifs is 1. The number of hydrogen-bond acceptors (Lipinski definition) is 6. The van der Waals surface area contributed by atoms with Gasteiger partial charge in [0, 0.05) is 26.2 Å². The molecule has 3 heterocycles. The zero-order valence-corrected chi connectivity index (χ0v) is 15.2.